The van der Waals surface area contributed by atoms with E-state index < -0.39 is 54.1 Å². The molecule has 1 aliphatic heterocycles. The summed E-state index contributed by atoms with van der Waals surface area (Å²) < 4.78 is 75.0. The number of aliphatic hydroxyl groups is 1. The maximum absolute atomic E-state index is 12.5. The Morgan fingerprint density at radius 1 is 1.25 bits per heavy atom. The van der Waals surface area contributed by atoms with Gasteiger partial charge in [0.25, 0.3) is 0 Å². The molecule has 0 aromatic rings. The highest BCUT2D eigenvalue weighted by atomic mass is 32.2. The van der Waals surface area contributed by atoms with E-state index in [1.54, 1.807) is 0 Å². The minimum absolute atomic E-state index is 0.207. The molecule has 0 spiro atoms. The van der Waals surface area contributed by atoms with Crippen LogP contribution in [-0.4, -0.2) is 51.8 Å². The van der Waals surface area contributed by atoms with Crippen molar-refractivity contribution in [3.63, 3.8) is 0 Å². The summed E-state index contributed by atoms with van der Waals surface area (Å²) in [6, 6.07) is 0. The van der Waals surface area contributed by atoms with Gasteiger partial charge in [-0.15, -0.1) is 0 Å². The van der Waals surface area contributed by atoms with Crippen LogP contribution in [0.25, 0.3) is 0 Å². The molecular formula is C13H21F3O6SSi. The van der Waals surface area contributed by atoms with E-state index in [9.17, 15) is 26.7 Å². The van der Waals surface area contributed by atoms with Crippen LogP contribution in [0.3, 0.4) is 0 Å². The second-order valence-electron chi connectivity index (χ2n) is 7.41. The number of epoxide rings is 1. The molecule has 11 heteroatoms. The highest BCUT2D eigenvalue weighted by Gasteiger charge is 2.58. The molecule has 1 aliphatic carbocycles. The van der Waals surface area contributed by atoms with Crippen LogP contribution in [-0.2, 0) is 23.5 Å². The molecule has 1 N–H and O–H groups in total. The third-order valence-corrected chi connectivity index (χ3v) is 9.99. The summed E-state index contributed by atoms with van der Waals surface area (Å²) in [5, 5.41) is 9.98. The van der Waals surface area contributed by atoms with Crippen molar-refractivity contribution < 1.29 is 40.0 Å². The molecule has 140 valence electrons. The highest BCUT2D eigenvalue weighted by molar-refractivity contribution is 7.87. The molecule has 2 rings (SSSR count). The van der Waals surface area contributed by atoms with Gasteiger partial charge < -0.3 is 18.5 Å². The van der Waals surface area contributed by atoms with E-state index in [1.807, 2.05) is 33.9 Å². The van der Waals surface area contributed by atoms with Gasteiger partial charge in [0, 0.05) is 0 Å². The van der Waals surface area contributed by atoms with Crippen LogP contribution in [0.5, 0.6) is 0 Å². The summed E-state index contributed by atoms with van der Waals surface area (Å²) in [5.41, 5.74) is -5.54. The Labute approximate surface area is 139 Å². The predicted molar refractivity (Wildman–Crippen MR) is 80.9 cm³/mol. The molecule has 2 aliphatic rings. The zero-order valence-corrected chi connectivity index (χ0v) is 15.7. The molecule has 0 bridgehead atoms. The number of hydrogen-bond acceptors (Lipinski definition) is 6. The smallest absolute Gasteiger partial charge is 0.408 e. The number of halogens is 3. The first-order chi connectivity index (χ1) is 10.6. The van der Waals surface area contributed by atoms with Crippen molar-refractivity contribution in [1.82, 2.24) is 0 Å². The minimum atomic E-state index is -5.79. The van der Waals surface area contributed by atoms with Gasteiger partial charge >= 0.3 is 15.6 Å². The highest BCUT2D eigenvalue weighted by Crippen LogP contribution is 2.44. The van der Waals surface area contributed by atoms with Crippen molar-refractivity contribution in [1.29, 1.82) is 0 Å². The van der Waals surface area contributed by atoms with Gasteiger partial charge in [-0.25, -0.2) is 0 Å². The van der Waals surface area contributed by atoms with Crippen LogP contribution >= 0.6 is 0 Å². The SMILES string of the molecule is CC(C)(C)[Si](C)(C)O[C@H]1C=C(OS(=O)(=O)C(F)(F)F)[C@@H]2O[C@@H]2[C@@H]1O. The lowest BCUT2D eigenvalue weighted by Crippen LogP contribution is -2.49. The van der Waals surface area contributed by atoms with Crippen LogP contribution < -0.4 is 0 Å². The first-order valence-corrected chi connectivity index (χ1v) is 11.6. The molecule has 0 aromatic carbocycles. The molecular weight excluding hydrogens is 369 g/mol. The van der Waals surface area contributed by atoms with Crippen molar-refractivity contribution in [3.05, 3.63) is 11.8 Å². The number of hydrogen-bond donors (Lipinski definition) is 1. The summed E-state index contributed by atoms with van der Waals surface area (Å²) in [5.74, 6) is -0.494. The molecule has 6 nitrogen and oxygen atoms in total. The average molecular weight is 390 g/mol. The van der Waals surface area contributed by atoms with Crippen molar-refractivity contribution in [2.75, 3.05) is 0 Å². The van der Waals surface area contributed by atoms with E-state index in [0.717, 1.165) is 6.08 Å². The Morgan fingerprint density at radius 3 is 2.25 bits per heavy atom. The quantitative estimate of drug-likeness (QED) is 0.343. The van der Waals surface area contributed by atoms with Gasteiger partial charge in [-0.3, -0.25) is 0 Å². The van der Waals surface area contributed by atoms with Crippen LogP contribution in [0.2, 0.25) is 18.1 Å². The van der Waals surface area contributed by atoms with Crippen molar-refractivity contribution >= 4 is 18.4 Å². The zero-order chi connectivity index (χ0) is 18.7. The summed E-state index contributed by atoms with van der Waals surface area (Å²) >= 11 is 0. The maximum Gasteiger partial charge on any atom is 0.534 e. The molecule has 1 saturated heterocycles. The number of aliphatic hydroxyl groups excluding tert-OH is 1. The van der Waals surface area contributed by atoms with Crippen LogP contribution in [0.4, 0.5) is 13.2 Å². The number of ether oxygens (including phenoxy) is 1. The monoisotopic (exact) mass is 390 g/mol. The fourth-order valence-corrected chi connectivity index (χ4v) is 3.76. The Hall–Kier alpha value is -0.623. The minimum Gasteiger partial charge on any atom is -0.408 e. The molecule has 0 unspecified atom stereocenters. The third-order valence-electron chi connectivity index (χ3n) is 4.53. The standard InChI is InChI=1S/C13H21F3O6SSi/c1-12(2,3)24(4,5)22-7-6-8(10-11(20-10)9(7)17)21-23(18,19)13(14,15)16/h6-7,9-11,17H,1-5H3/t7-,9+,10-,11+/m0/s1. The fourth-order valence-electron chi connectivity index (χ4n) is 2.02. The van der Waals surface area contributed by atoms with Gasteiger partial charge in [0.05, 0.1) is 6.10 Å². The Balaban J connectivity index is 2.25. The molecule has 1 fully saturated rings. The van der Waals surface area contributed by atoms with E-state index >= 15 is 0 Å². The zero-order valence-electron chi connectivity index (χ0n) is 13.9. The Bertz CT molecular complexity index is 637. The molecule has 0 aromatic heterocycles. The lowest BCUT2D eigenvalue weighted by atomic mass is 10.0. The maximum atomic E-state index is 12.5. The number of rotatable bonds is 4. The first kappa shape index (κ1) is 19.7. The van der Waals surface area contributed by atoms with Gasteiger partial charge in [0.2, 0.25) is 0 Å². The molecule has 1 heterocycles. The van der Waals surface area contributed by atoms with E-state index in [2.05, 4.69) is 4.18 Å². The summed E-state index contributed by atoms with van der Waals surface area (Å²) in [6.07, 6.45) is -2.85. The van der Waals surface area contributed by atoms with Gasteiger partial charge in [0.1, 0.15) is 24.1 Å². The normalized spacial score (nSPS) is 31.3. The van der Waals surface area contributed by atoms with Crippen LogP contribution in [0.15, 0.2) is 11.8 Å². The average Bonchev–Trinajstić information content (AvgIpc) is 3.12. The lowest BCUT2D eigenvalue weighted by molar-refractivity contribution is -0.0526. The molecule has 0 saturated carbocycles. The van der Waals surface area contributed by atoms with Gasteiger partial charge in [-0.1, -0.05) is 20.8 Å². The number of alkyl halides is 3. The Morgan fingerprint density at radius 2 is 1.79 bits per heavy atom. The van der Waals surface area contributed by atoms with Crippen LogP contribution in [0.1, 0.15) is 20.8 Å². The molecule has 4 atom stereocenters. The lowest BCUT2D eigenvalue weighted by Gasteiger charge is -2.40. The molecule has 0 radical (unpaired) electrons. The first-order valence-electron chi connectivity index (χ1n) is 7.31. The summed E-state index contributed by atoms with van der Waals surface area (Å²) in [6.45, 7) is 9.68. The number of fused-ring (bicyclic) bond motifs is 1. The topological polar surface area (TPSA) is 85.4 Å². The summed E-state index contributed by atoms with van der Waals surface area (Å²) in [7, 11) is -8.15. The Kier molecular flexibility index (Phi) is 4.67. The van der Waals surface area contributed by atoms with Crippen molar-refractivity contribution in [2.45, 2.75) is 68.8 Å². The third kappa shape index (κ3) is 3.64. The van der Waals surface area contributed by atoms with Crippen LogP contribution in [0, 0.1) is 0 Å². The van der Waals surface area contributed by atoms with Crippen molar-refractivity contribution in [3.8, 4) is 0 Å². The second-order valence-corrected chi connectivity index (χ2v) is 13.7. The van der Waals surface area contributed by atoms with E-state index in [4.69, 9.17) is 9.16 Å². The predicted octanol–water partition coefficient (Wildman–Crippen LogP) is 2.27. The fraction of sp³-hybridized carbons (Fsp3) is 0.846. The van der Waals surface area contributed by atoms with Gasteiger partial charge in [-0.2, -0.15) is 21.6 Å². The summed E-state index contributed by atoms with van der Waals surface area (Å²) in [4.78, 5) is 0. The largest absolute Gasteiger partial charge is 0.534 e. The second kappa shape index (κ2) is 5.69. The van der Waals surface area contributed by atoms with E-state index in [1.165, 1.54) is 0 Å². The molecule has 0 amide bonds. The molecule has 24 heavy (non-hydrogen) atoms. The van der Waals surface area contributed by atoms with E-state index in [0.29, 0.717) is 0 Å². The van der Waals surface area contributed by atoms with E-state index in [-0.39, 0.29) is 5.04 Å². The van der Waals surface area contributed by atoms with Gasteiger partial charge in [-0.05, 0) is 24.2 Å². The van der Waals surface area contributed by atoms with Crippen molar-refractivity contribution in [2.24, 2.45) is 0 Å². The van der Waals surface area contributed by atoms with Gasteiger partial charge in [0.15, 0.2) is 8.32 Å².